The van der Waals surface area contributed by atoms with Gasteiger partial charge in [-0.2, -0.15) is 0 Å². The largest absolute Gasteiger partial charge is 0.465 e. The van der Waals surface area contributed by atoms with E-state index < -0.39 is 11.6 Å². The number of rotatable bonds is 7. The predicted octanol–water partition coefficient (Wildman–Crippen LogP) is 3.06. The van der Waals surface area contributed by atoms with Crippen LogP contribution in [0.25, 0.3) is 11.3 Å². The number of hydrogen-bond acceptors (Lipinski definition) is 7. The molecule has 0 aliphatic heterocycles. The Balaban J connectivity index is 2.03. The van der Waals surface area contributed by atoms with Crippen LogP contribution in [0.4, 0.5) is 0 Å². The van der Waals surface area contributed by atoms with Crippen molar-refractivity contribution in [2.45, 2.75) is 46.3 Å². The quantitative estimate of drug-likeness (QED) is 0.578. The first kappa shape index (κ1) is 21.5. The molecule has 0 saturated heterocycles. The fourth-order valence-electron chi connectivity index (χ4n) is 2.63. The molecule has 150 valence electrons. The molecule has 1 N–H and O–H groups in total. The number of methoxy groups -OCH3 is 1. The van der Waals surface area contributed by atoms with Crippen LogP contribution in [-0.2, 0) is 20.8 Å². The van der Waals surface area contributed by atoms with Crippen molar-refractivity contribution in [2.75, 3.05) is 13.7 Å². The second kappa shape index (κ2) is 9.41. The summed E-state index contributed by atoms with van der Waals surface area (Å²) in [5.41, 5.74) is 3.47. The predicted molar refractivity (Wildman–Crippen MR) is 106 cm³/mol. The number of carbonyl (C=O) groups is 2. The van der Waals surface area contributed by atoms with Crippen molar-refractivity contribution in [3.63, 3.8) is 0 Å². The fourth-order valence-corrected chi connectivity index (χ4v) is 2.63. The lowest BCUT2D eigenvalue weighted by molar-refractivity contribution is -0.154. The molecule has 7 nitrogen and oxygen atoms in total. The van der Waals surface area contributed by atoms with Crippen LogP contribution in [0, 0.1) is 6.92 Å². The maximum Gasteiger partial charge on any atom is 0.337 e. The molecule has 0 radical (unpaired) electrons. The van der Waals surface area contributed by atoms with Crippen LogP contribution < -0.4 is 5.32 Å². The second-order valence-electron chi connectivity index (χ2n) is 7.41. The zero-order chi connectivity index (χ0) is 20.7. The minimum absolute atomic E-state index is 0.229. The van der Waals surface area contributed by atoms with Crippen molar-refractivity contribution in [3.8, 4) is 11.3 Å². The molecule has 2 aromatic rings. The van der Waals surface area contributed by atoms with E-state index in [1.807, 2.05) is 27.7 Å². The molecule has 0 spiro atoms. The van der Waals surface area contributed by atoms with Crippen LogP contribution in [0.15, 0.2) is 30.7 Å². The lowest BCUT2D eigenvalue weighted by Gasteiger charge is -2.19. The van der Waals surface area contributed by atoms with Crippen molar-refractivity contribution >= 4 is 11.9 Å². The van der Waals surface area contributed by atoms with Crippen LogP contribution in [0.5, 0.6) is 0 Å². The van der Waals surface area contributed by atoms with Crippen LogP contribution >= 0.6 is 0 Å². The Morgan fingerprint density at radius 2 is 1.96 bits per heavy atom. The fraction of sp³-hybridized carbons (Fsp3) is 0.429. The lowest BCUT2D eigenvalue weighted by atomic mass is 10.0. The van der Waals surface area contributed by atoms with Gasteiger partial charge in [0.05, 0.1) is 24.8 Å². The number of hydrogen-bond donors (Lipinski definition) is 1. The summed E-state index contributed by atoms with van der Waals surface area (Å²) in [5, 5.41) is 3.24. The Labute approximate surface area is 165 Å². The van der Waals surface area contributed by atoms with Gasteiger partial charge in [-0.1, -0.05) is 0 Å². The smallest absolute Gasteiger partial charge is 0.337 e. The van der Waals surface area contributed by atoms with Gasteiger partial charge in [0.25, 0.3) is 0 Å². The summed E-state index contributed by atoms with van der Waals surface area (Å²) in [6.45, 7) is 8.60. The molecule has 0 amide bonds. The third kappa shape index (κ3) is 6.13. The van der Waals surface area contributed by atoms with Gasteiger partial charge in [-0.25, -0.2) is 4.79 Å². The highest BCUT2D eigenvalue weighted by Crippen LogP contribution is 2.24. The first-order valence-electron chi connectivity index (χ1n) is 9.12. The molecule has 0 aliphatic carbocycles. The summed E-state index contributed by atoms with van der Waals surface area (Å²) >= 11 is 0. The number of carbonyl (C=O) groups excluding carboxylic acids is 2. The van der Waals surface area contributed by atoms with Crippen molar-refractivity contribution in [1.82, 2.24) is 15.3 Å². The Bertz CT molecular complexity index is 844. The zero-order valence-corrected chi connectivity index (χ0v) is 17.0. The minimum atomic E-state index is -0.475. The number of ether oxygens (including phenoxy) is 2. The minimum Gasteiger partial charge on any atom is -0.465 e. The highest BCUT2D eigenvalue weighted by molar-refractivity contribution is 5.90. The van der Waals surface area contributed by atoms with Gasteiger partial charge in [0.2, 0.25) is 0 Å². The van der Waals surface area contributed by atoms with Gasteiger partial charge in [0, 0.05) is 37.2 Å². The molecule has 28 heavy (non-hydrogen) atoms. The summed E-state index contributed by atoms with van der Waals surface area (Å²) in [7, 11) is 1.35. The Morgan fingerprint density at radius 1 is 1.21 bits per heavy atom. The number of esters is 2. The summed E-state index contributed by atoms with van der Waals surface area (Å²) in [6.07, 6.45) is 5.38. The lowest BCUT2D eigenvalue weighted by Crippen LogP contribution is -2.26. The molecule has 0 aliphatic rings. The molecule has 2 aromatic heterocycles. The molecule has 0 fully saturated rings. The van der Waals surface area contributed by atoms with E-state index in [-0.39, 0.29) is 5.97 Å². The van der Waals surface area contributed by atoms with Crippen LogP contribution in [0.2, 0.25) is 0 Å². The maximum absolute atomic E-state index is 11.8. The van der Waals surface area contributed by atoms with Gasteiger partial charge in [0.1, 0.15) is 5.60 Å². The molecular formula is C21H27N3O4. The van der Waals surface area contributed by atoms with E-state index in [2.05, 4.69) is 15.3 Å². The Hall–Kier alpha value is -2.80. The molecule has 7 heteroatoms. The van der Waals surface area contributed by atoms with Crippen molar-refractivity contribution in [3.05, 3.63) is 47.4 Å². The molecule has 0 aromatic carbocycles. The first-order chi connectivity index (χ1) is 13.2. The van der Waals surface area contributed by atoms with Crippen molar-refractivity contribution in [1.29, 1.82) is 0 Å². The van der Waals surface area contributed by atoms with Gasteiger partial charge in [-0.3, -0.25) is 14.8 Å². The molecule has 2 rings (SSSR count). The third-order valence-electron chi connectivity index (χ3n) is 4.02. The average molecular weight is 385 g/mol. The highest BCUT2D eigenvalue weighted by atomic mass is 16.6. The standard InChI is InChI=1S/C21H27N3O4/c1-14-16(11-22-8-7-19(25)28-21(2,3)4)12-23-13-17(14)18-10-15(6-9-24-18)20(26)27-5/h6,9-10,12-13,22H,7-8,11H2,1-5H3. The summed E-state index contributed by atoms with van der Waals surface area (Å²) in [6, 6.07) is 3.30. The van der Waals surface area contributed by atoms with E-state index in [0.717, 1.165) is 16.7 Å². The van der Waals surface area contributed by atoms with Gasteiger partial charge in [-0.05, 0) is 51.0 Å². The van der Waals surface area contributed by atoms with Gasteiger partial charge < -0.3 is 14.8 Å². The third-order valence-corrected chi connectivity index (χ3v) is 4.02. The van der Waals surface area contributed by atoms with E-state index in [1.165, 1.54) is 7.11 Å². The van der Waals surface area contributed by atoms with Crippen LogP contribution in [0.3, 0.4) is 0 Å². The monoisotopic (exact) mass is 385 g/mol. The summed E-state index contributed by atoms with van der Waals surface area (Å²) in [5.74, 6) is -0.637. The van der Waals surface area contributed by atoms with E-state index in [1.54, 1.807) is 30.7 Å². The molecule has 0 saturated carbocycles. The van der Waals surface area contributed by atoms with Crippen molar-refractivity contribution < 1.29 is 19.1 Å². The highest BCUT2D eigenvalue weighted by Gasteiger charge is 2.16. The van der Waals surface area contributed by atoms with Gasteiger partial charge >= 0.3 is 11.9 Å². The van der Waals surface area contributed by atoms with Crippen molar-refractivity contribution in [2.24, 2.45) is 0 Å². The van der Waals surface area contributed by atoms with Gasteiger partial charge in [-0.15, -0.1) is 0 Å². The number of nitrogens with one attached hydrogen (secondary N) is 1. The topological polar surface area (TPSA) is 90.4 Å². The number of nitrogens with zero attached hydrogens (tertiary/aromatic N) is 2. The normalized spacial score (nSPS) is 11.2. The van der Waals surface area contributed by atoms with E-state index >= 15 is 0 Å². The Kier molecular flexibility index (Phi) is 7.23. The number of aromatic nitrogens is 2. The summed E-state index contributed by atoms with van der Waals surface area (Å²) in [4.78, 5) is 32.2. The molecule has 0 atom stereocenters. The second-order valence-corrected chi connectivity index (χ2v) is 7.41. The molecule has 0 unspecified atom stereocenters. The maximum atomic E-state index is 11.8. The number of pyridine rings is 2. The molecule has 2 heterocycles. The van der Waals surface area contributed by atoms with Crippen LogP contribution in [0.1, 0.15) is 48.7 Å². The summed E-state index contributed by atoms with van der Waals surface area (Å²) < 4.78 is 10.1. The van der Waals surface area contributed by atoms with Gasteiger partial charge in [0.15, 0.2) is 0 Å². The van der Waals surface area contributed by atoms with E-state index in [9.17, 15) is 9.59 Å². The van der Waals surface area contributed by atoms with E-state index in [0.29, 0.717) is 30.8 Å². The average Bonchev–Trinajstić information content (AvgIpc) is 2.64. The van der Waals surface area contributed by atoms with Crippen LogP contribution in [-0.4, -0.2) is 41.2 Å². The SMILES string of the molecule is COC(=O)c1ccnc(-c2cncc(CNCCC(=O)OC(C)(C)C)c2C)c1. The zero-order valence-electron chi connectivity index (χ0n) is 17.0. The first-order valence-corrected chi connectivity index (χ1v) is 9.12. The molecular weight excluding hydrogens is 358 g/mol. The Morgan fingerprint density at radius 3 is 2.64 bits per heavy atom. The molecule has 0 bridgehead atoms. The van der Waals surface area contributed by atoms with E-state index in [4.69, 9.17) is 9.47 Å².